The van der Waals surface area contributed by atoms with Gasteiger partial charge in [-0.25, -0.2) is 0 Å². The third kappa shape index (κ3) is 4.47. The van der Waals surface area contributed by atoms with Gasteiger partial charge in [0, 0.05) is 61.8 Å². The van der Waals surface area contributed by atoms with Crippen molar-refractivity contribution in [2.24, 2.45) is 5.92 Å². The van der Waals surface area contributed by atoms with E-state index in [1.807, 2.05) is 11.1 Å². The van der Waals surface area contributed by atoms with E-state index in [1.165, 1.54) is 22.4 Å². The van der Waals surface area contributed by atoms with Crippen molar-refractivity contribution in [2.75, 3.05) is 49.6 Å². The van der Waals surface area contributed by atoms with Gasteiger partial charge < -0.3 is 19.9 Å². The highest BCUT2D eigenvalue weighted by atomic mass is 16.5. The lowest BCUT2D eigenvalue weighted by Gasteiger charge is -2.37. The molecule has 3 aromatic rings. The van der Waals surface area contributed by atoms with Crippen molar-refractivity contribution in [3.8, 4) is 0 Å². The molecule has 6 nitrogen and oxygen atoms in total. The molecular weight excluding hydrogens is 424 g/mol. The van der Waals surface area contributed by atoms with Gasteiger partial charge in [0.05, 0.1) is 18.0 Å². The Morgan fingerprint density at radius 2 is 1.94 bits per heavy atom. The van der Waals surface area contributed by atoms with E-state index >= 15 is 0 Å². The average Bonchev–Trinajstić information content (AvgIpc) is 3.40. The molecule has 5 rings (SSSR count). The Morgan fingerprint density at radius 3 is 2.71 bits per heavy atom. The number of amides is 1. The van der Waals surface area contributed by atoms with Crippen molar-refractivity contribution < 1.29 is 9.53 Å². The van der Waals surface area contributed by atoms with E-state index in [0.717, 1.165) is 49.2 Å². The van der Waals surface area contributed by atoms with Crippen LogP contribution in [0.2, 0.25) is 0 Å². The number of ether oxygens (including phenoxy) is 1. The molecule has 1 N–H and O–H groups in total. The molecule has 0 saturated carbocycles. The van der Waals surface area contributed by atoms with Crippen molar-refractivity contribution in [3.05, 3.63) is 65.4 Å². The predicted molar refractivity (Wildman–Crippen MR) is 137 cm³/mol. The summed E-state index contributed by atoms with van der Waals surface area (Å²) in [4.78, 5) is 21.7. The molecule has 0 spiro atoms. The first kappa shape index (κ1) is 22.7. The van der Waals surface area contributed by atoms with Gasteiger partial charge >= 0.3 is 0 Å². The van der Waals surface area contributed by atoms with Gasteiger partial charge in [-0.15, -0.1) is 0 Å². The van der Waals surface area contributed by atoms with Crippen LogP contribution in [0.3, 0.4) is 0 Å². The van der Waals surface area contributed by atoms with Crippen LogP contribution in [-0.2, 0) is 9.53 Å². The summed E-state index contributed by atoms with van der Waals surface area (Å²) in [6.07, 6.45) is 2.73. The second-order valence-corrected chi connectivity index (χ2v) is 9.59. The fourth-order valence-corrected chi connectivity index (χ4v) is 5.18. The van der Waals surface area contributed by atoms with Gasteiger partial charge in [0.2, 0.25) is 5.91 Å². The zero-order valence-electron chi connectivity index (χ0n) is 20.4. The van der Waals surface area contributed by atoms with Crippen molar-refractivity contribution in [1.29, 1.82) is 0 Å². The summed E-state index contributed by atoms with van der Waals surface area (Å²) in [5.41, 5.74) is 7.21. The van der Waals surface area contributed by atoms with E-state index in [4.69, 9.17) is 4.74 Å². The lowest BCUT2D eigenvalue weighted by molar-refractivity contribution is -0.135. The lowest BCUT2D eigenvalue weighted by Crippen LogP contribution is -2.50. The Labute approximate surface area is 201 Å². The number of nitrogens with one attached hydrogen (secondary N) is 1. The van der Waals surface area contributed by atoms with Crippen LogP contribution in [0, 0.1) is 19.8 Å². The third-order valence-electron chi connectivity index (χ3n) is 7.45. The van der Waals surface area contributed by atoms with Crippen molar-refractivity contribution in [3.63, 3.8) is 0 Å². The zero-order chi connectivity index (χ0) is 23.7. The monoisotopic (exact) mass is 458 g/mol. The Kier molecular flexibility index (Phi) is 6.42. The Bertz CT molecular complexity index is 1180. The maximum atomic E-state index is 12.7. The van der Waals surface area contributed by atoms with Crippen LogP contribution in [0.25, 0.3) is 10.9 Å². The number of hydrogen-bond donors (Lipinski definition) is 1. The van der Waals surface area contributed by atoms with Crippen molar-refractivity contribution >= 4 is 28.2 Å². The van der Waals surface area contributed by atoms with Gasteiger partial charge in [0.25, 0.3) is 0 Å². The number of anilines is 2. The molecule has 2 fully saturated rings. The molecule has 0 aliphatic carbocycles. The number of nitrogens with zero attached hydrogens (tertiary/aromatic N) is 3. The fraction of sp³-hybridized carbons (Fsp3) is 0.429. The second-order valence-electron chi connectivity index (χ2n) is 9.59. The van der Waals surface area contributed by atoms with Crippen LogP contribution in [0.5, 0.6) is 0 Å². The minimum Gasteiger partial charge on any atom is -0.381 e. The number of aryl methyl sites for hydroxylation is 1. The largest absolute Gasteiger partial charge is 0.381 e. The first-order chi connectivity index (χ1) is 16.5. The van der Waals surface area contributed by atoms with Gasteiger partial charge in [-0.2, -0.15) is 0 Å². The summed E-state index contributed by atoms with van der Waals surface area (Å²) in [5, 5.41) is 4.85. The van der Waals surface area contributed by atoms with Crippen LogP contribution in [0.4, 0.5) is 11.4 Å². The maximum Gasteiger partial charge on any atom is 0.228 e. The zero-order valence-corrected chi connectivity index (χ0v) is 20.4. The lowest BCUT2D eigenvalue weighted by atomic mass is 9.98. The number of hydrogen-bond acceptors (Lipinski definition) is 5. The summed E-state index contributed by atoms with van der Waals surface area (Å²) < 4.78 is 5.41. The molecule has 2 aromatic carbocycles. The number of rotatable bonds is 5. The summed E-state index contributed by atoms with van der Waals surface area (Å²) in [5.74, 6) is 0.303. The second kappa shape index (κ2) is 9.63. The van der Waals surface area contributed by atoms with E-state index < -0.39 is 0 Å². The highest BCUT2D eigenvalue weighted by molar-refractivity contribution is 5.93. The summed E-state index contributed by atoms with van der Waals surface area (Å²) in [6.45, 7) is 11.0. The van der Waals surface area contributed by atoms with Gasteiger partial charge in [-0.05, 0) is 68.1 Å². The SMILES string of the molecule is Cc1cccc([C@@H](C)Nc2ccnc3ccc(N4CCN(C(=O)C5CCOC5)CC4)cc23)c1C. The molecule has 2 atom stereocenters. The summed E-state index contributed by atoms with van der Waals surface area (Å²) >= 11 is 0. The van der Waals surface area contributed by atoms with Crippen LogP contribution >= 0.6 is 0 Å². The standard InChI is InChI=1S/C28H34N4O2/c1-19-5-4-6-24(20(19)2)21(3)30-27-9-11-29-26-8-7-23(17-25(26)27)31-12-14-32(15-13-31)28(33)22-10-16-34-18-22/h4-9,11,17,21-22H,10,12-16,18H2,1-3H3,(H,29,30)/t21-,22?/m1/s1. The number of benzene rings is 2. The number of fused-ring (bicyclic) bond motifs is 1. The number of pyridine rings is 1. The molecule has 178 valence electrons. The Balaban J connectivity index is 1.33. The minimum atomic E-state index is 0.0472. The van der Waals surface area contributed by atoms with Crippen molar-refractivity contribution in [1.82, 2.24) is 9.88 Å². The van der Waals surface area contributed by atoms with E-state index in [9.17, 15) is 4.79 Å². The summed E-state index contributed by atoms with van der Waals surface area (Å²) in [7, 11) is 0. The smallest absolute Gasteiger partial charge is 0.228 e. The molecule has 0 radical (unpaired) electrons. The van der Waals surface area contributed by atoms with E-state index in [2.05, 4.69) is 78.4 Å². The average molecular weight is 459 g/mol. The third-order valence-corrected chi connectivity index (χ3v) is 7.45. The predicted octanol–water partition coefficient (Wildman–Crippen LogP) is 4.71. The van der Waals surface area contributed by atoms with Crippen LogP contribution < -0.4 is 10.2 Å². The van der Waals surface area contributed by atoms with E-state index in [-0.39, 0.29) is 17.9 Å². The normalized spacial score (nSPS) is 19.4. The van der Waals surface area contributed by atoms with E-state index in [1.54, 1.807) is 0 Å². The molecule has 2 aliphatic heterocycles. The molecule has 2 aliphatic rings. The number of carbonyl (C=O) groups excluding carboxylic acids is 1. The highest BCUT2D eigenvalue weighted by Crippen LogP contribution is 2.31. The molecule has 1 unspecified atom stereocenters. The van der Waals surface area contributed by atoms with Gasteiger partial charge in [-0.3, -0.25) is 9.78 Å². The number of aromatic nitrogens is 1. The Hall–Kier alpha value is -3.12. The molecule has 3 heterocycles. The quantitative estimate of drug-likeness (QED) is 0.600. The number of carbonyl (C=O) groups is 1. The van der Waals surface area contributed by atoms with E-state index in [0.29, 0.717) is 13.2 Å². The fourth-order valence-electron chi connectivity index (χ4n) is 5.18. The van der Waals surface area contributed by atoms with Crippen LogP contribution in [0.15, 0.2) is 48.7 Å². The molecule has 34 heavy (non-hydrogen) atoms. The molecule has 2 saturated heterocycles. The van der Waals surface area contributed by atoms with Gasteiger partial charge in [0.1, 0.15) is 0 Å². The first-order valence-electron chi connectivity index (χ1n) is 12.3. The molecular formula is C28H34N4O2. The Morgan fingerprint density at radius 1 is 1.12 bits per heavy atom. The van der Waals surface area contributed by atoms with Crippen LogP contribution in [-0.4, -0.2) is 55.2 Å². The van der Waals surface area contributed by atoms with Crippen molar-refractivity contribution in [2.45, 2.75) is 33.2 Å². The maximum absolute atomic E-state index is 12.7. The molecule has 0 bridgehead atoms. The number of piperazine rings is 1. The van der Waals surface area contributed by atoms with Gasteiger partial charge in [-0.1, -0.05) is 18.2 Å². The molecule has 1 aromatic heterocycles. The summed E-state index contributed by atoms with van der Waals surface area (Å²) in [6, 6.07) is 15.2. The van der Waals surface area contributed by atoms with Gasteiger partial charge in [0.15, 0.2) is 0 Å². The molecule has 6 heteroatoms. The highest BCUT2D eigenvalue weighted by Gasteiger charge is 2.30. The topological polar surface area (TPSA) is 57.7 Å². The first-order valence-corrected chi connectivity index (χ1v) is 12.3. The minimum absolute atomic E-state index is 0.0472. The molecule has 1 amide bonds. The van der Waals surface area contributed by atoms with Crippen LogP contribution in [0.1, 0.15) is 36.1 Å².